The van der Waals surface area contributed by atoms with Crippen LogP contribution in [0.2, 0.25) is 0 Å². The molecule has 0 aliphatic heterocycles. The number of hydrogen-bond acceptors (Lipinski definition) is 4. The predicted octanol–water partition coefficient (Wildman–Crippen LogP) is 1.40. The Morgan fingerprint density at radius 3 is 2.89 bits per heavy atom. The Morgan fingerprint density at radius 2 is 2.17 bits per heavy atom. The molecule has 0 spiro atoms. The van der Waals surface area contributed by atoms with Crippen LogP contribution in [0.15, 0.2) is 30.5 Å². The minimum atomic E-state index is -0.515. The maximum Gasteiger partial charge on any atom is 0.325 e. The van der Waals surface area contributed by atoms with Crippen LogP contribution in [0.3, 0.4) is 0 Å². The van der Waals surface area contributed by atoms with Crippen LogP contribution in [-0.2, 0) is 20.8 Å². The van der Waals surface area contributed by atoms with Crippen molar-refractivity contribution in [2.24, 2.45) is 0 Å². The minimum Gasteiger partial charge on any atom is -0.468 e. The summed E-state index contributed by atoms with van der Waals surface area (Å²) in [7, 11) is 2.84. The second-order valence-electron chi connectivity index (χ2n) is 3.96. The Kier molecular flexibility index (Phi) is 3.96. The zero-order valence-electron chi connectivity index (χ0n) is 10.4. The number of nitrogens with one attached hydrogen (secondary N) is 2. The van der Waals surface area contributed by atoms with Crippen LogP contribution in [0.5, 0.6) is 0 Å². The summed E-state index contributed by atoms with van der Waals surface area (Å²) in [5.41, 5.74) is 4.74. The molecular weight excluding hydrogens is 232 g/mol. The van der Waals surface area contributed by atoms with Gasteiger partial charge in [0.25, 0.3) is 0 Å². The number of carbonyl (C=O) groups is 1. The van der Waals surface area contributed by atoms with Gasteiger partial charge < -0.3 is 14.6 Å². The van der Waals surface area contributed by atoms with Crippen molar-refractivity contribution in [1.82, 2.24) is 10.5 Å². The van der Waals surface area contributed by atoms with Gasteiger partial charge in [0.1, 0.15) is 6.04 Å². The maximum atomic E-state index is 11.6. The van der Waals surface area contributed by atoms with Gasteiger partial charge in [-0.05, 0) is 11.6 Å². The lowest BCUT2D eigenvalue weighted by Crippen LogP contribution is -2.38. The molecule has 0 fully saturated rings. The first-order valence-electron chi connectivity index (χ1n) is 5.67. The zero-order valence-corrected chi connectivity index (χ0v) is 10.4. The van der Waals surface area contributed by atoms with Crippen LogP contribution in [0, 0.1) is 0 Å². The molecular formula is C13H16N2O3. The van der Waals surface area contributed by atoms with Crippen LogP contribution >= 0.6 is 0 Å². The molecule has 0 amide bonds. The fourth-order valence-electron chi connectivity index (χ4n) is 1.98. The van der Waals surface area contributed by atoms with E-state index in [4.69, 9.17) is 9.57 Å². The van der Waals surface area contributed by atoms with Crippen molar-refractivity contribution >= 4 is 16.9 Å². The van der Waals surface area contributed by atoms with E-state index in [-0.39, 0.29) is 5.97 Å². The molecule has 1 aromatic heterocycles. The summed E-state index contributed by atoms with van der Waals surface area (Å²) in [6.07, 6.45) is 2.41. The highest BCUT2D eigenvalue weighted by molar-refractivity contribution is 5.84. The number of ether oxygens (including phenoxy) is 1. The van der Waals surface area contributed by atoms with Gasteiger partial charge in [-0.3, -0.25) is 4.79 Å². The number of esters is 1. The van der Waals surface area contributed by atoms with E-state index in [1.54, 1.807) is 0 Å². The molecule has 0 aliphatic rings. The molecule has 0 radical (unpaired) electrons. The molecule has 0 bridgehead atoms. The standard InChI is InChI=1S/C13H16N2O3/c1-17-13(16)12(15-18-2)7-9-8-14-11-6-4-3-5-10(9)11/h3-6,8,12,14-15H,7H2,1-2H3/t12-/m0/s1. The SMILES string of the molecule is CON[C@@H](Cc1c[nH]c2ccccc12)C(=O)OC. The van der Waals surface area contributed by atoms with Gasteiger partial charge in [-0.1, -0.05) is 18.2 Å². The number of benzene rings is 1. The Morgan fingerprint density at radius 1 is 1.39 bits per heavy atom. The Hall–Kier alpha value is -1.85. The number of hydroxylamine groups is 1. The molecule has 0 aliphatic carbocycles. The summed E-state index contributed by atoms with van der Waals surface area (Å²) in [6, 6.07) is 7.43. The van der Waals surface area contributed by atoms with Crippen LogP contribution in [0.25, 0.3) is 10.9 Å². The van der Waals surface area contributed by atoms with Gasteiger partial charge in [-0.2, -0.15) is 5.48 Å². The summed E-state index contributed by atoms with van der Waals surface area (Å²) in [4.78, 5) is 19.6. The second kappa shape index (κ2) is 5.66. The summed E-state index contributed by atoms with van der Waals surface area (Å²) in [6.45, 7) is 0. The molecule has 1 atom stereocenters. The number of carbonyl (C=O) groups excluding carboxylic acids is 1. The number of hydrogen-bond donors (Lipinski definition) is 2. The first kappa shape index (κ1) is 12.6. The first-order valence-corrected chi connectivity index (χ1v) is 5.67. The zero-order chi connectivity index (χ0) is 13.0. The molecule has 96 valence electrons. The molecule has 0 saturated heterocycles. The van der Waals surface area contributed by atoms with E-state index in [0.717, 1.165) is 16.5 Å². The van der Waals surface area contributed by atoms with Crippen molar-refractivity contribution in [3.63, 3.8) is 0 Å². The Bertz CT molecular complexity index is 536. The number of para-hydroxylation sites is 1. The average molecular weight is 248 g/mol. The van der Waals surface area contributed by atoms with Crippen LogP contribution < -0.4 is 5.48 Å². The average Bonchev–Trinajstić information content (AvgIpc) is 2.81. The van der Waals surface area contributed by atoms with Gasteiger partial charge >= 0.3 is 5.97 Å². The van der Waals surface area contributed by atoms with E-state index in [9.17, 15) is 4.79 Å². The lowest BCUT2D eigenvalue weighted by Gasteiger charge is -2.14. The smallest absolute Gasteiger partial charge is 0.325 e. The Balaban J connectivity index is 2.23. The fraction of sp³-hybridized carbons (Fsp3) is 0.308. The summed E-state index contributed by atoms with van der Waals surface area (Å²) in [5, 5.41) is 1.10. The summed E-state index contributed by atoms with van der Waals surface area (Å²) >= 11 is 0. The van der Waals surface area contributed by atoms with Crippen molar-refractivity contribution in [3.05, 3.63) is 36.0 Å². The first-order chi connectivity index (χ1) is 8.76. The van der Waals surface area contributed by atoms with Crippen LogP contribution in [-0.4, -0.2) is 31.2 Å². The van der Waals surface area contributed by atoms with Gasteiger partial charge in [0.2, 0.25) is 0 Å². The van der Waals surface area contributed by atoms with Gasteiger partial charge in [0.15, 0.2) is 0 Å². The third-order valence-electron chi connectivity index (χ3n) is 2.84. The molecule has 1 aromatic carbocycles. The van der Waals surface area contributed by atoms with E-state index in [1.807, 2.05) is 30.5 Å². The monoisotopic (exact) mass is 248 g/mol. The maximum absolute atomic E-state index is 11.6. The third kappa shape index (κ3) is 2.52. The van der Waals surface area contributed by atoms with E-state index in [1.165, 1.54) is 14.2 Å². The van der Waals surface area contributed by atoms with Crippen molar-refractivity contribution in [3.8, 4) is 0 Å². The molecule has 18 heavy (non-hydrogen) atoms. The highest BCUT2D eigenvalue weighted by Gasteiger charge is 2.20. The van der Waals surface area contributed by atoms with E-state index in [0.29, 0.717) is 6.42 Å². The van der Waals surface area contributed by atoms with Crippen LogP contribution in [0.4, 0.5) is 0 Å². The van der Waals surface area contributed by atoms with E-state index >= 15 is 0 Å². The summed E-state index contributed by atoms with van der Waals surface area (Å²) < 4.78 is 4.73. The third-order valence-corrected chi connectivity index (χ3v) is 2.84. The quantitative estimate of drug-likeness (QED) is 0.620. The number of aromatic amines is 1. The molecule has 1 heterocycles. The van der Waals surface area contributed by atoms with Crippen molar-refractivity contribution in [2.75, 3.05) is 14.2 Å². The van der Waals surface area contributed by atoms with E-state index in [2.05, 4.69) is 10.5 Å². The normalized spacial score (nSPS) is 12.6. The highest BCUT2D eigenvalue weighted by Crippen LogP contribution is 2.19. The minimum absolute atomic E-state index is 0.345. The molecule has 0 saturated carbocycles. The highest BCUT2D eigenvalue weighted by atomic mass is 16.6. The predicted molar refractivity (Wildman–Crippen MR) is 68.0 cm³/mol. The largest absolute Gasteiger partial charge is 0.468 e. The van der Waals surface area contributed by atoms with Gasteiger partial charge in [-0.15, -0.1) is 0 Å². The second-order valence-corrected chi connectivity index (χ2v) is 3.96. The van der Waals surface area contributed by atoms with Gasteiger partial charge in [0, 0.05) is 23.5 Å². The number of fused-ring (bicyclic) bond motifs is 1. The summed E-state index contributed by atoms with van der Waals surface area (Å²) in [5.74, 6) is -0.345. The van der Waals surface area contributed by atoms with Gasteiger partial charge in [-0.25, -0.2) is 0 Å². The van der Waals surface area contributed by atoms with E-state index < -0.39 is 6.04 Å². The van der Waals surface area contributed by atoms with Crippen molar-refractivity contribution in [1.29, 1.82) is 0 Å². The molecule has 0 unspecified atom stereocenters. The molecule has 5 nitrogen and oxygen atoms in total. The lowest BCUT2D eigenvalue weighted by molar-refractivity contribution is -0.146. The number of methoxy groups -OCH3 is 1. The molecule has 5 heteroatoms. The van der Waals surface area contributed by atoms with Gasteiger partial charge in [0.05, 0.1) is 14.2 Å². The molecule has 2 aromatic rings. The lowest BCUT2D eigenvalue weighted by atomic mass is 10.1. The number of H-pyrrole nitrogens is 1. The number of rotatable bonds is 5. The fourth-order valence-corrected chi connectivity index (χ4v) is 1.98. The topological polar surface area (TPSA) is 63.3 Å². The van der Waals surface area contributed by atoms with Crippen molar-refractivity contribution in [2.45, 2.75) is 12.5 Å². The number of aromatic nitrogens is 1. The van der Waals surface area contributed by atoms with Crippen molar-refractivity contribution < 1.29 is 14.4 Å². The Labute approximate surface area is 105 Å². The molecule has 2 rings (SSSR count). The molecule has 2 N–H and O–H groups in total. The van der Waals surface area contributed by atoms with Crippen LogP contribution in [0.1, 0.15) is 5.56 Å².